The summed E-state index contributed by atoms with van der Waals surface area (Å²) in [6, 6.07) is -0.651. The van der Waals surface area contributed by atoms with Crippen LogP contribution in [-0.2, 0) is 14.3 Å². The van der Waals surface area contributed by atoms with Gasteiger partial charge in [-0.1, -0.05) is 53.0 Å². The molecule has 0 spiro atoms. The maximum atomic E-state index is 11.9. The number of amides is 2. The molecule has 0 aliphatic heterocycles. The quantitative estimate of drug-likeness (QED) is 0.476. The van der Waals surface area contributed by atoms with Crippen molar-refractivity contribution in [3.8, 4) is 0 Å². The largest absolute Gasteiger partial charge is 0.450 e. The van der Waals surface area contributed by atoms with Crippen LogP contribution in [0.5, 0.6) is 0 Å². The molecule has 1 atom stereocenters. The third-order valence-electron chi connectivity index (χ3n) is 3.17. The lowest BCUT2D eigenvalue weighted by Gasteiger charge is -2.16. The first-order chi connectivity index (χ1) is 10.7. The van der Waals surface area contributed by atoms with Gasteiger partial charge in [0, 0.05) is 5.41 Å². The van der Waals surface area contributed by atoms with Crippen LogP contribution < -0.4 is 11.1 Å². The lowest BCUT2D eigenvalue weighted by molar-refractivity contribution is -0.121. The molecule has 0 aliphatic rings. The summed E-state index contributed by atoms with van der Waals surface area (Å²) in [5, 5.41) is 2.55. The minimum Gasteiger partial charge on any atom is -0.450 e. The number of carbonyl (C=O) groups is 3. The van der Waals surface area contributed by atoms with Gasteiger partial charge >= 0.3 is 6.09 Å². The number of rotatable bonds is 10. The third-order valence-corrected chi connectivity index (χ3v) is 3.17. The number of primary amides is 1. The van der Waals surface area contributed by atoms with E-state index in [0.29, 0.717) is 6.61 Å². The first kappa shape index (κ1) is 21.1. The minimum atomic E-state index is -0.651. The molecule has 6 nitrogen and oxygen atoms in total. The average Bonchev–Trinajstić information content (AvgIpc) is 2.42. The Morgan fingerprint density at radius 1 is 1.17 bits per heavy atom. The second kappa shape index (κ2) is 10.8. The molecular weight excluding hydrogens is 296 g/mol. The first-order valence-electron chi connectivity index (χ1n) is 8.11. The van der Waals surface area contributed by atoms with Crippen molar-refractivity contribution in [2.75, 3.05) is 6.61 Å². The van der Waals surface area contributed by atoms with E-state index in [-0.39, 0.29) is 12.2 Å². The van der Waals surface area contributed by atoms with E-state index in [1.165, 1.54) is 12.2 Å². The van der Waals surface area contributed by atoms with Gasteiger partial charge in [0.05, 0.1) is 19.1 Å². The SMILES string of the molecule is CCCCCCOC(=O)N[C@@H](/C=C\C(=O)C(C)(C)C)CC(N)=O. The maximum absolute atomic E-state index is 11.9. The third kappa shape index (κ3) is 11.4. The summed E-state index contributed by atoms with van der Waals surface area (Å²) < 4.78 is 5.05. The lowest BCUT2D eigenvalue weighted by Crippen LogP contribution is -2.37. The van der Waals surface area contributed by atoms with E-state index in [2.05, 4.69) is 12.2 Å². The molecule has 23 heavy (non-hydrogen) atoms. The Bertz CT molecular complexity index is 425. The molecule has 0 aromatic rings. The Hall–Kier alpha value is -1.85. The van der Waals surface area contributed by atoms with Crippen molar-refractivity contribution >= 4 is 17.8 Å². The summed E-state index contributed by atoms with van der Waals surface area (Å²) in [5.41, 5.74) is 4.65. The molecule has 0 saturated heterocycles. The molecule has 2 amide bonds. The van der Waals surface area contributed by atoms with Crippen LogP contribution in [-0.4, -0.2) is 30.4 Å². The number of ether oxygens (including phenoxy) is 1. The molecule has 3 N–H and O–H groups in total. The highest BCUT2D eigenvalue weighted by atomic mass is 16.5. The van der Waals surface area contributed by atoms with Crippen molar-refractivity contribution < 1.29 is 19.1 Å². The van der Waals surface area contributed by atoms with E-state index in [4.69, 9.17) is 10.5 Å². The number of carbonyl (C=O) groups excluding carboxylic acids is 3. The lowest BCUT2D eigenvalue weighted by atomic mass is 9.90. The van der Waals surface area contributed by atoms with Crippen molar-refractivity contribution in [2.24, 2.45) is 11.1 Å². The van der Waals surface area contributed by atoms with E-state index in [1.807, 2.05) is 0 Å². The molecule has 0 bridgehead atoms. The van der Waals surface area contributed by atoms with Crippen LogP contribution in [0.1, 0.15) is 59.8 Å². The summed E-state index contributed by atoms with van der Waals surface area (Å²) in [6.07, 6.45) is 6.19. The average molecular weight is 326 g/mol. The molecule has 0 rings (SSSR count). The fourth-order valence-electron chi connectivity index (χ4n) is 1.72. The van der Waals surface area contributed by atoms with Crippen molar-refractivity contribution in [1.29, 1.82) is 0 Å². The molecule has 0 heterocycles. The van der Waals surface area contributed by atoms with Crippen molar-refractivity contribution in [3.05, 3.63) is 12.2 Å². The standard InChI is InChI=1S/C17H30N2O4/c1-5-6-7-8-11-23-16(22)19-13(12-15(18)21)9-10-14(20)17(2,3)4/h9-10,13H,5-8,11-12H2,1-4H3,(H2,18,21)(H,19,22)/b10-9-/t13-/m0/s1. The predicted molar refractivity (Wildman–Crippen MR) is 89.8 cm³/mol. The summed E-state index contributed by atoms with van der Waals surface area (Å²) in [6.45, 7) is 7.81. The zero-order valence-corrected chi connectivity index (χ0v) is 14.7. The van der Waals surface area contributed by atoms with Crippen LogP contribution in [0.3, 0.4) is 0 Å². The zero-order valence-electron chi connectivity index (χ0n) is 14.7. The zero-order chi connectivity index (χ0) is 17.9. The first-order valence-corrected chi connectivity index (χ1v) is 8.11. The van der Waals surface area contributed by atoms with Gasteiger partial charge in [0.15, 0.2) is 5.78 Å². The minimum absolute atomic E-state index is 0.0845. The summed E-state index contributed by atoms with van der Waals surface area (Å²) in [4.78, 5) is 34.6. The number of allylic oxidation sites excluding steroid dienone is 1. The van der Waals surface area contributed by atoms with Gasteiger partial charge in [-0.3, -0.25) is 9.59 Å². The number of alkyl carbamates (subject to hydrolysis) is 1. The van der Waals surface area contributed by atoms with Crippen LogP contribution in [0.15, 0.2) is 12.2 Å². The smallest absolute Gasteiger partial charge is 0.407 e. The molecule has 0 unspecified atom stereocenters. The van der Waals surface area contributed by atoms with Gasteiger partial charge in [-0.2, -0.15) is 0 Å². The van der Waals surface area contributed by atoms with Gasteiger partial charge < -0.3 is 15.8 Å². The molecule has 0 aromatic carbocycles. The molecule has 0 fully saturated rings. The van der Waals surface area contributed by atoms with Crippen molar-refractivity contribution in [3.63, 3.8) is 0 Å². The molecule has 0 saturated carbocycles. The highest BCUT2D eigenvalue weighted by Crippen LogP contribution is 2.15. The molecular formula is C17H30N2O4. The van der Waals surface area contributed by atoms with Crippen molar-refractivity contribution in [2.45, 2.75) is 65.8 Å². The highest BCUT2D eigenvalue weighted by Gasteiger charge is 2.19. The second-order valence-electron chi connectivity index (χ2n) is 6.59. The Labute approximate surface area is 138 Å². The Morgan fingerprint density at radius 2 is 1.83 bits per heavy atom. The topological polar surface area (TPSA) is 98.5 Å². The summed E-state index contributed by atoms with van der Waals surface area (Å²) in [7, 11) is 0. The number of hydrogen-bond donors (Lipinski definition) is 2. The number of unbranched alkanes of at least 4 members (excludes halogenated alkanes) is 3. The normalized spacial score (nSPS) is 12.9. The van der Waals surface area contributed by atoms with Crippen LogP contribution in [0, 0.1) is 5.41 Å². The molecule has 6 heteroatoms. The van der Waals surface area contributed by atoms with Gasteiger partial charge in [-0.15, -0.1) is 0 Å². The van der Waals surface area contributed by atoms with Crippen LogP contribution in [0.4, 0.5) is 4.79 Å². The Balaban J connectivity index is 4.44. The van der Waals surface area contributed by atoms with Gasteiger partial charge in [0.25, 0.3) is 0 Å². The van der Waals surface area contributed by atoms with E-state index < -0.39 is 23.5 Å². The molecule has 0 radical (unpaired) electrons. The Kier molecular flexibility index (Phi) is 9.94. The van der Waals surface area contributed by atoms with Gasteiger partial charge in [0.1, 0.15) is 0 Å². The fraction of sp³-hybridized carbons (Fsp3) is 0.706. The summed E-state index contributed by atoms with van der Waals surface area (Å²) >= 11 is 0. The second-order valence-corrected chi connectivity index (χ2v) is 6.59. The van der Waals surface area contributed by atoms with Gasteiger partial charge in [0.2, 0.25) is 5.91 Å². The van der Waals surface area contributed by atoms with Crippen LogP contribution >= 0.6 is 0 Å². The molecule has 0 aromatic heterocycles. The number of nitrogens with one attached hydrogen (secondary N) is 1. The van der Waals surface area contributed by atoms with Gasteiger partial charge in [-0.05, 0) is 12.5 Å². The maximum Gasteiger partial charge on any atom is 0.407 e. The van der Waals surface area contributed by atoms with Gasteiger partial charge in [-0.25, -0.2) is 4.79 Å². The van der Waals surface area contributed by atoms with Crippen molar-refractivity contribution in [1.82, 2.24) is 5.32 Å². The van der Waals surface area contributed by atoms with Crippen LogP contribution in [0.25, 0.3) is 0 Å². The molecule has 0 aliphatic carbocycles. The number of nitrogens with two attached hydrogens (primary N) is 1. The molecule has 132 valence electrons. The predicted octanol–water partition coefficient (Wildman–Crippen LogP) is 2.71. The van der Waals surface area contributed by atoms with Crippen LogP contribution in [0.2, 0.25) is 0 Å². The number of ketones is 1. The number of hydrogen-bond acceptors (Lipinski definition) is 4. The Morgan fingerprint density at radius 3 is 2.35 bits per heavy atom. The van der Waals surface area contributed by atoms with E-state index in [0.717, 1.165) is 25.7 Å². The highest BCUT2D eigenvalue weighted by molar-refractivity contribution is 5.94. The summed E-state index contributed by atoms with van der Waals surface area (Å²) in [5.74, 6) is -0.659. The van der Waals surface area contributed by atoms with E-state index in [1.54, 1.807) is 20.8 Å². The monoisotopic (exact) mass is 326 g/mol. The fourth-order valence-corrected chi connectivity index (χ4v) is 1.72. The van der Waals surface area contributed by atoms with E-state index >= 15 is 0 Å². The van der Waals surface area contributed by atoms with E-state index in [9.17, 15) is 14.4 Å².